The number of ether oxygens (including phenoxy) is 1. The Labute approximate surface area is 169 Å². The molecule has 0 spiro atoms. The van der Waals surface area contributed by atoms with Crippen LogP contribution in [-0.2, 0) is 9.59 Å². The average Bonchev–Trinajstić information content (AvgIpc) is 2.70. The van der Waals surface area contributed by atoms with Crippen molar-refractivity contribution < 1.29 is 14.3 Å². The Kier molecular flexibility index (Phi) is 6.47. The van der Waals surface area contributed by atoms with E-state index in [4.69, 9.17) is 4.74 Å². The van der Waals surface area contributed by atoms with Crippen molar-refractivity contribution in [2.75, 3.05) is 22.5 Å². The minimum absolute atomic E-state index is 0.0734. The van der Waals surface area contributed by atoms with Gasteiger partial charge in [0, 0.05) is 18.3 Å². The third-order valence-corrected chi connectivity index (χ3v) is 4.22. The summed E-state index contributed by atoms with van der Waals surface area (Å²) in [6.07, 6.45) is 0. The van der Waals surface area contributed by atoms with Crippen molar-refractivity contribution in [1.82, 2.24) is 0 Å². The highest BCUT2D eigenvalue weighted by atomic mass is 16.5. The third kappa shape index (κ3) is 5.59. The molecule has 0 aliphatic rings. The summed E-state index contributed by atoms with van der Waals surface area (Å²) in [4.78, 5) is 23.8. The van der Waals surface area contributed by atoms with Gasteiger partial charge in [-0.15, -0.1) is 0 Å². The second kappa shape index (κ2) is 9.41. The van der Waals surface area contributed by atoms with E-state index in [2.05, 4.69) is 16.0 Å². The molecule has 6 nitrogen and oxygen atoms in total. The maximum absolute atomic E-state index is 12.5. The molecule has 0 fully saturated rings. The van der Waals surface area contributed by atoms with E-state index >= 15 is 0 Å². The van der Waals surface area contributed by atoms with Gasteiger partial charge in [0.15, 0.2) is 5.75 Å². The van der Waals surface area contributed by atoms with Gasteiger partial charge >= 0.3 is 0 Å². The first-order chi connectivity index (χ1) is 14.0. The van der Waals surface area contributed by atoms with Gasteiger partial charge in [0.25, 0.3) is 0 Å². The predicted molar refractivity (Wildman–Crippen MR) is 116 cm³/mol. The summed E-state index contributed by atoms with van der Waals surface area (Å²) in [5.74, 6) is 0.907. The molecular weight excluding hydrogens is 366 g/mol. The van der Waals surface area contributed by atoms with Gasteiger partial charge in [-0.05, 0) is 48.9 Å². The molecule has 0 radical (unpaired) electrons. The third-order valence-electron chi connectivity index (χ3n) is 4.22. The molecule has 29 heavy (non-hydrogen) atoms. The highest BCUT2D eigenvalue weighted by Gasteiger charge is 2.10. The molecule has 3 N–H and O–H groups in total. The molecule has 148 valence electrons. The van der Waals surface area contributed by atoms with Crippen LogP contribution in [-0.4, -0.2) is 18.4 Å². The van der Waals surface area contributed by atoms with E-state index in [1.54, 1.807) is 12.1 Å². The second-order valence-corrected chi connectivity index (χ2v) is 6.47. The summed E-state index contributed by atoms with van der Waals surface area (Å²) in [7, 11) is 0. The lowest BCUT2D eigenvalue weighted by molar-refractivity contribution is -0.115. The molecule has 3 rings (SSSR count). The number of hydrogen-bond donors (Lipinski definition) is 3. The van der Waals surface area contributed by atoms with Gasteiger partial charge in [-0.2, -0.15) is 0 Å². The molecule has 0 atom stereocenters. The first kappa shape index (κ1) is 19.9. The Balaban J connectivity index is 1.64. The van der Waals surface area contributed by atoms with Gasteiger partial charge in [0.2, 0.25) is 11.8 Å². The fourth-order valence-electron chi connectivity index (χ4n) is 2.80. The summed E-state index contributed by atoms with van der Waals surface area (Å²) >= 11 is 0. The van der Waals surface area contributed by atoms with E-state index in [1.807, 2.05) is 67.6 Å². The molecule has 3 aromatic carbocycles. The van der Waals surface area contributed by atoms with Crippen molar-refractivity contribution >= 4 is 28.9 Å². The second-order valence-electron chi connectivity index (χ2n) is 6.47. The van der Waals surface area contributed by atoms with E-state index in [0.717, 1.165) is 11.3 Å². The Morgan fingerprint density at radius 3 is 2.21 bits per heavy atom. The van der Waals surface area contributed by atoms with Crippen LogP contribution in [0.4, 0.5) is 17.1 Å². The molecular formula is C23H23N3O3. The van der Waals surface area contributed by atoms with Gasteiger partial charge in [-0.25, -0.2) is 0 Å². The van der Waals surface area contributed by atoms with Gasteiger partial charge < -0.3 is 20.7 Å². The molecule has 3 aromatic rings. The lowest BCUT2D eigenvalue weighted by Gasteiger charge is -2.15. The van der Waals surface area contributed by atoms with E-state index in [-0.39, 0.29) is 18.4 Å². The van der Waals surface area contributed by atoms with Crippen molar-refractivity contribution in [2.45, 2.75) is 13.8 Å². The monoisotopic (exact) mass is 389 g/mol. The number of amides is 2. The minimum atomic E-state index is -0.210. The van der Waals surface area contributed by atoms with Crippen molar-refractivity contribution in [3.63, 3.8) is 0 Å². The quantitative estimate of drug-likeness (QED) is 0.542. The van der Waals surface area contributed by atoms with E-state index in [0.29, 0.717) is 22.9 Å². The van der Waals surface area contributed by atoms with Crippen LogP contribution in [0.15, 0.2) is 72.8 Å². The molecule has 2 amide bonds. The number of hydrogen-bond acceptors (Lipinski definition) is 4. The first-order valence-corrected chi connectivity index (χ1v) is 9.26. The number of anilines is 3. The SMILES string of the molecule is CC(=O)Nc1cccc(NCC(=O)Nc2ccccc2Oc2ccccc2)c1C. The van der Waals surface area contributed by atoms with Crippen molar-refractivity contribution in [3.8, 4) is 11.5 Å². The molecule has 0 heterocycles. The fraction of sp³-hybridized carbons (Fsp3) is 0.130. The Morgan fingerprint density at radius 2 is 1.45 bits per heavy atom. The van der Waals surface area contributed by atoms with Crippen LogP contribution >= 0.6 is 0 Å². The molecule has 0 saturated carbocycles. The Morgan fingerprint density at radius 1 is 0.793 bits per heavy atom. The normalized spacial score (nSPS) is 10.1. The molecule has 0 saturated heterocycles. The Hall–Kier alpha value is -3.80. The van der Waals surface area contributed by atoms with Crippen molar-refractivity contribution in [1.29, 1.82) is 0 Å². The largest absolute Gasteiger partial charge is 0.455 e. The van der Waals surface area contributed by atoms with E-state index in [1.165, 1.54) is 6.92 Å². The first-order valence-electron chi connectivity index (χ1n) is 9.26. The number of carbonyl (C=O) groups excluding carboxylic acids is 2. The molecule has 0 bridgehead atoms. The number of carbonyl (C=O) groups is 2. The van der Waals surface area contributed by atoms with Crippen LogP contribution in [0.1, 0.15) is 12.5 Å². The lowest BCUT2D eigenvalue weighted by Crippen LogP contribution is -2.22. The Bertz CT molecular complexity index is 1000. The topological polar surface area (TPSA) is 79.5 Å². The molecule has 0 aliphatic carbocycles. The minimum Gasteiger partial charge on any atom is -0.455 e. The van der Waals surface area contributed by atoms with Crippen LogP contribution in [0.2, 0.25) is 0 Å². The average molecular weight is 389 g/mol. The summed E-state index contributed by atoms with van der Waals surface area (Å²) in [6, 6.07) is 22.2. The van der Waals surface area contributed by atoms with Gasteiger partial charge in [-0.1, -0.05) is 36.4 Å². The van der Waals surface area contributed by atoms with E-state index in [9.17, 15) is 9.59 Å². The molecule has 0 aromatic heterocycles. The number of para-hydroxylation sites is 3. The summed E-state index contributed by atoms with van der Waals surface area (Å²) in [5, 5.41) is 8.76. The highest BCUT2D eigenvalue weighted by Crippen LogP contribution is 2.29. The fourth-order valence-corrected chi connectivity index (χ4v) is 2.80. The standard InChI is InChI=1S/C23H23N3O3/c1-16-19(12-8-13-20(16)25-17(2)27)24-15-23(28)26-21-11-6-7-14-22(21)29-18-9-4-3-5-10-18/h3-14,24H,15H2,1-2H3,(H,25,27)(H,26,28). The maximum atomic E-state index is 12.5. The predicted octanol–water partition coefficient (Wildman–Crippen LogP) is 4.80. The van der Waals surface area contributed by atoms with E-state index < -0.39 is 0 Å². The van der Waals surface area contributed by atoms with Crippen LogP contribution in [0, 0.1) is 6.92 Å². The zero-order chi connectivity index (χ0) is 20.6. The zero-order valence-corrected chi connectivity index (χ0v) is 16.4. The molecule has 0 unspecified atom stereocenters. The van der Waals surface area contributed by atoms with Gasteiger partial charge in [0.05, 0.1) is 12.2 Å². The number of rotatable bonds is 7. The highest BCUT2D eigenvalue weighted by molar-refractivity contribution is 5.95. The van der Waals surface area contributed by atoms with Gasteiger partial charge in [-0.3, -0.25) is 9.59 Å². The van der Waals surface area contributed by atoms with Crippen LogP contribution in [0.25, 0.3) is 0 Å². The van der Waals surface area contributed by atoms with Crippen LogP contribution < -0.4 is 20.7 Å². The number of nitrogens with one attached hydrogen (secondary N) is 3. The summed E-state index contributed by atoms with van der Waals surface area (Å²) in [6.45, 7) is 3.42. The van der Waals surface area contributed by atoms with Crippen molar-refractivity contribution in [3.05, 3.63) is 78.4 Å². The van der Waals surface area contributed by atoms with Crippen LogP contribution in [0.5, 0.6) is 11.5 Å². The summed E-state index contributed by atoms with van der Waals surface area (Å²) < 4.78 is 5.87. The van der Waals surface area contributed by atoms with Crippen LogP contribution in [0.3, 0.4) is 0 Å². The maximum Gasteiger partial charge on any atom is 0.243 e. The zero-order valence-electron chi connectivity index (χ0n) is 16.4. The smallest absolute Gasteiger partial charge is 0.243 e. The summed E-state index contributed by atoms with van der Waals surface area (Å²) in [5.41, 5.74) is 2.94. The lowest BCUT2D eigenvalue weighted by atomic mass is 10.1. The molecule has 0 aliphatic heterocycles. The molecule has 6 heteroatoms. The van der Waals surface area contributed by atoms with Gasteiger partial charge in [0.1, 0.15) is 5.75 Å². The number of benzene rings is 3. The van der Waals surface area contributed by atoms with Crippen molar-refractivity contribution in [2.24, 2.45) is 0 Å².